The standard InChI is InChI=1S/C11H11NO4S/c12-5-8-1-3-9(4-2-8)16-11-7-17(14,15)6-10(11)13/h1-4,10-11,13H,6-7H2. The smallest absolute Gasteiger partial charge is 0.156 e. The monoisotopic (exact) mass is 253 g/mol. The lowest BCUT2D eigenvalue weighted by atomic mass is 10.2. The number of hydrogen-bond acceptors (Lipinski definition) is 5. The maximum Gasteiger partial charge on any atom is 0.156 e. The highest BCUT2D eigenvalue weighted by atomic mass is 32.2. The SMILES string of the molecule is N#Cc1ccc(OC2CS(=O)(=O)CC2O)cc1. The minimum atomic E-state index is -3.20. The number of aliphatic hydroxyl groups is 1. The molecule has 0 saturated carbocycles. The summed E-state index contributed by atoms with van der Waals surface area (Å²) in [6.07, 6.45) is -1.72. The lowest BCUT2D eigenvalue weighted by Gasteiger charge is -2.15. The molecule has 6 heteroatoms. The van der Waals surface area contributed by atoms with Gasteiger partial charge in [-0.05, 0) is 24.3 Å². The molecule has 0 radical (unpaired) electrons. The fourth-order valence-corrected chi connectivity index (χ4v) is 3.35. The number of ether oxygens (including phenoxy) is 1. The molecule has 1 aromatic rings. The first kappa shape index (κ1) is 11.9. The number of hydrogen-bond donors (Lipinski definition) is 1. The maximum atomic E-state index is 11.3. The third kappa shape index (κ3) is 2.75. The molecular formula is C11H11NO4S. The molecule has 0 aliphatic carbocycles. The van der Waals surface area contributed by atoms with E-state index in [9.17, 15) is 13.5 Å². The van der Waals surface area contributed by atoms with Gasteiger partial charge in [0.1, 0.15) is 18.0 Å². The maximum absolute atomic E-state index is 11.3. The molecule has 1 heterocycles. The molecule has 0 amide bonds. The van der Waals surface area contributed by atoms with Crippen LogP contribution in [0.5, 0.6) is 5.75 Å². The van der Waals surface area contributed by atoms with Crippen molar-refractivity contribution in [2.45, 2.75) is 12.2 Å². The number of sulfone groups is 1. The van der Waals surface area contributed by atoms with Crippen molar-refractivity contribution in [3.63, 3.8) is 0 Å². The van der Waals surface area contributed by atoms with Gasteiger partial charge in [0.05, 0.1) is 23.1 Å². The van der Waals surface area contributed by atoms with Crippen LogP contribution in [-0.2, 0) is 9.84 Å². The summed E-state index contributed by atoms with van der Waals surface area (Å²) < 4.78 is 27.9. The Balaban J connectivity index is 2.09. The summed E-state index contributed by atoms with van der Waals surface area (Å²) in [5, 5.41) is 18.1. The topological polar surface area (TPSA) is 87.4 Å². The van der Waals surface area contributed by atoms with Crippen molar-refractivity contribution in [2.24, 2.45) is 0 Å². The minimum Gasteiger partial charge on any atom is -0.487 e. The molecule has 0 bridgehead atoms. The fraction of sp³-hybridized carbons (Fsp3) is 0.364. The van der Waals surface area contributed by atoms with Crippen LogP contribution in [0, 0.1) is 11.3 Å². The zero-order valence-corrected chi connectivity index (χ0v) is 9.72. The fourth-order valence-electron chi connectivity index (χ4n) is 1.69. The normalized spacial score (nSPS) is 26.4. The third-order valence-electron chi connectivity index (χ3n) is 2.54. The van der Waals surface area contributed by atoms with Crippen molar-refractivity contribution >= 4 is 9.84 Å². The molecule has 2 rings (SSSR count). The largest absolute Gasteiger partial charge is 0.487 e. The van der Waals surface area contributed by atoms with Crippen molar-refractivity contribution in [3.05, 3.63) is 29.8 Å². The van der Waals surface area contributed by atoms with E-state index in [1.54, 1.807) is 24.3 Å². The Morgan fingerprint density at radius 1 is 1.29 bits per heavy atom. The molecule has 1 aromatic carbocycles. The lowest BCUT2D eigenvalue weighted by Crippen LogP contribution is -2.29. The van der Waals surface area contributed by atoms with Crippen LogP contribution in [0.15, 0.2) is 24.3 Å². The summed E-state index contributed by atoms with van der Waals surface area (Å²) in [5.41, 5.74) is 0.497. The van der Waals surface area contributed by atoms with E-state index in [1.807, 2.05) is 6.07 Å². The van der Waals surface area contributed by atoms with Gasteiger partial charge < -0.3 is 9.84 Å². The van der Waals surface area contributed by atoms with Crippen LogP contribution in [0.4, 0.5) is 0 Å². The van der Waals surface area contributed by atoms with Crippen LogP contribution >= 0.6 is 0 Å². The summed E-state index contributed by atoms with van der Waals surface area (Å²) in [5.74, 6) is 0.0208. The van der Waals surface area contributed by atoms with E-state index in [0.29, 0.717) is 11.3 Å². The van der Waals surface area contributed by atoms with Gasteiger partial charge in [-0.3, -0.25) is 0 Å². The Labute approximate surface area is 99.2 Å². The predicted octanol–water partition coefficient (Wildman–Crippen LogP) is 0.0950. The van der Waals surface area contributed by atoms with Gasteiger partial charge in [0, 0.05) is 0 Å². The average Bonchev–Trinajstić information content (AvgIpc) is 2.53. The second-order valence-electron chi connectivity index (χ2n) is 3.94. The Kier molecular flexibility index (Phi) is 3.05. The van der Waals surface area contributed by atoms with E-state index in [4.69, 9.17) is 10.00 Å². The van der Waals surface area contributed by atoms with Gasteiger partial charge in [0.15, 0.2) is 9.84 Å². The van der Waals surface area contributed by atoms with Crippen molar-refractivity contribution in [1.82, 2.24) is 0 Å². The van der Waals surface area contributed by atoms with Gasteiger partial charge in [-0.15, -0.1) is 0 Å². The highest BCUT2D eigenvalue weighted by Gasteiger charge is 2.38. The van der Waals surface area contributed by atoms with Crippen LogP contribution in [0.1, 0.15) is 5.56 Å². The van der Waals surface area contributed by atoms with E-state index in [-0.39, 0.29) is 11.5 Å². The Hall–Kier alpha value is -1.58. The summed E-state index contributed by atoms with van der Waals surface area (Å²) in [6.45, 7) is 0. The van der Waals surface area contributed by atoms with Crippen molar-refractivity contribution in [1.29, 1.82) is 5.26 Å². The number of aliphatic hydroxyl groups excluding tert-OH is 1. The third-order valence-corrected chi connectivity index (χ3v) is 4.23. The highest BCUT2D eigenvalue weighted by Crippen LogP contribution is 2.20. The second kappa shape index (κ2) is 4.35. The van der Waals surface area contributed by atoms with Gasteiger partial charge >= 0.3 is 0 Å². The van der Waals surface area contributed by atoms with E-state index < -0.39 is 22.0 Å². The summed E-state index contributed by atoms with van der Waals surface area (Å²) in [7, 11) is -3.20. The molecule has 0 spiro atoms. The molecule has 1 aliphatic heterocycles. The number of nitrogens with zero attached hydrogens (tertiary/aromatic N) is 1. The first-order valence-corrected chi connectivity index (χ1v) is 6.87. The molecule has 1 fully saturated rings. The van der Waals surface area contributed by atoms with E-state index in [1.165, 1.54) is 0 Å². The van der Waals surface area contributed by atoms with Gasteiger partial charge in [0.2, 0.25) is 0 Å². The Bertz CT molecular complexity index is 544. The minimum absolute atomic E-state index is 0.172. The molecule has 1 aliphatic rings. The molecule has 1 saturated heterocycles. The van der Waals surface area contributed by atoms with Gasteiger partial charge in [0.25, 0.3) is 0 Å². The number of benzene rings is 1. The molecule has 90 valence electrons. The first-order valence-electron chi connectivity index (χ1n) is 5.05. The molecule has 2 unspecified atom stereocenters. The van der Waals surface area contributed by atoms with Crippen molar-refractivity contribution in [3.8, 4) is 11.8 Å². The summed E-state index contributed by atoms with van der Waals surface area (Å²) in [6, 6.07) is 8.28. The average molecular weight is 253 g/mol. The second-order valence-corrected chi connectivity index (χ2v) is 6.09. The van der Waals surface area contributed by atoms with Crippen molar-refractivity contribution < 1.29 is 18.3 Å². The Morgan fingerprint density at radius 2 is 1.94 bits per heavy atom. The summed E-state index contributed by atoms with van der Waals surface area (Å²) in [4.78, 5) is 0. The van der Waals surface area contributed by atoms with Gasteiger partial charge in [-0.1, -0.05) is 0 Å². The Morgan fingerprint density at radius 3 is 2.41 bits per heavy atom. The quantitative estimate of drug-likeness (QED) is 0.807. The van der Waals surface area contributed by atoms with Gasteiger partial charge in [-0.2, -0.15) is 5.26 Å². The molecule has 0 aromatic heterocycles. The molecular weight excluding hydrogens is 242 g/mol. The van der Waals surface area contributed by atoms with Crippen LogP contribution in [-0.4, -0.2) is 37.2 Å². The lowest BCUT2D eigenvalue weighted by molar-refractivity contribution is 0.0738. The van der Waals surface area contributed by atoms with Crippen molar-refractivity contribution in [2.75, 3.05) is 11.5 Å². The first-order chi connectivity index (χ1) is 8.00. The van der Waals surface area contributed by atoms with Crippen LogP contribution in [0.3, 0.4) is 0 Å². The van der Waals surface area contributed by atoms with E-state index in [2.05, 4.69) is 0 Å². The van der Waals surface area contributed by atoms with Gasteiger partial charge in [-0.25, -0.2) is 8.42 Å². The highest BCUT2D eigenvalue weighted by molar-refractivity contribution is 7.91. The molecule has 1 N–H and O–H groups in total. The van der Waals surface area contributed by atoms with E-state index >= 15 is 0 Å². The van der Waals surface area contributed by atoms with Crippen LogP contribution in [0.25, 0.3) is 0 Å². The number of rotatable bonds is 2. The predicted molar refractivity (Wildman–Crippen MR) is 60.2 cm³/mol. The zero-order chi connectivity index (χ0) is 12.5. The number of nitriles is 1. The van der Waals surface area contributed by atoms with E-state index in [0.717, 1.165) is 0 Å². The zero-order valence-electron chi connectivity index (χ0n) is 8.91. The summed E-state index contributed by atoms with van der Waals surface area (Å²) >= 11 is 0. The molecule has 2 atom stereocenters. The van der Waals surface area contributed by atoms with Crippen LogP contribution in [0.2, 0.25) is 0 Å². The molecule has 17 heavy (non-hydrogen) atoms. The molecule has 5 nitrogen and oxygen atoms in total. The van der Waals surface area contributed by atoms with Crippen LogP contribution < -0.4 is 4.74 Å².